The molecule has 2 atom stereocenters. The second-order valence-corrected chi connectivity index (χ2v) is 4.77. The smallest absolute Gasteiger partial charge is 0.120 e. The van der Waals surface area contributed by atoms with Gasteiger partial charge in [-0.05, 0) is 18.6 Å². The third kappa shape index (κ3) is 3.15. The molecule has 0 saturated carbocycles. The molecule has 1 fully saturated rings. The van der Waals surface area contributed by atoms with E-state index < -0.39 is 0 Å². The van der Waals surface area contributed by atoms with Gasteiger partial charge in [-0.2, -0.15) is 0 Å². The molecule has 1 aliphatic rings. The molecule has 2 unspecified atom stereocenters. The van der Waals surface area contributed by atoms with Crippen LogP contribution in [0.15, 0.2) is 24.3 Å². The molecular formula is C14H21NO3. The first-order valence-electron chi connectivity index (χ1n) is 6.31. The van der Waals surface area contributed by atoms with Crippen LogP contribution >= 0.6 is 0 Å². The molecule has 1 N–H and O–H groups in total. The Hall–Kier alpha value is -1.26. The van der Waals surface area contributed by atoms with Crippen LogP contribution in [0.1, 0.15) is 6.42 Å². The first-order chi connectivity index (χ1) is 8.70. The molecule has 1 aliphatic heterocycles. The minimum absolute atomic E-state index is 0.262. The van der Waals surface area contributed by atoms with Crippen molar-refractivity contribution in [3.05, 3.63) is 24.3 Å². The molecule has 0 aromatic heterocycles. The highest BCUT2D eigenvalue weighted by Crippen LogP contribution is 2.22. The van der Waals surface area contributed by atoms with Gasteiger partial charge in [0.15, 0.2) is 0 Å². The van der Waals surface area contributed by atoms with E-state index in [2.05, 4.69) is 0 Å². The van der Waals surface area contributed by atoms with Crippen molar-refractivity contribution >= 4 is 5.69 Å². The molecule has 0 amide bonds. The molecule has 0 bridgehead atoms. The summed E-state index contributed by atoms with van der Waals surface area (Å²) in [5.41, 5.74) is 1.05. The van der Waals surface area contributed by atoms with Crippen molar-refractivity contribution in [2.75, 3.05) is 38.8 Å². The normalized spacial score (nSPS) is 20.7. The fraction of sp³-hybridized carbons (Fsp3) is 0.571. The van der Waals surface area contributed by atoms with E-state index in [1.165, 1.54) is 0 Å². The van der Waals surface area contributed by atoms with Gasteiger partial charge in [-0.3, -0.25) is 0 Å². The predicted octanol–water partition coefficient (Wildman–Crippen LogP) is 1.53. The van der Waals surface area contributed by atoms with Gasteiger partial charge in [0.05, 0.1) is 19.8 Å². The Kier molecular flexibility index (Phi) is 4.44. The van der Waals surface area contributed by atoms with Crippen molar-refractivity contribution in [1.82, 2.24) is 0 Å². The number of aliphatic hydroxyl groups excluding tert-OH is 1. The summed E-state index contributed by atoms with van der Waals surface area (Å²) < 4.78 is 10.5. The maximum atomic E-state index is 10.2. The maximum Gasteiger partial charge on any atom is 0.120 e. The zero-order chi connectivity index (χ0) is 13.0. The lowest BCUT2D eigenvalue weighted by molar-refractivity contribution is 0.0970. The Labute approximate surface area is 108 Å². The van der Waals surface area contributed by atoms with Gasteiger partial charge in [-0.1, -0.05) is 6.07 Å². The molecule has 1 saturated heterocycles. The maximum absolute atomic E-state index is 10.2. The average molecular weight is 251 g/mol. The summed E-state index contributed by atoms with van der Waals surface area (Å²) in [4.78, 5) is 2.05. The zero-order valence-corrected chi connectivity index (χ0v) is 11.0. The zero-order valence-electron chi connectivity index (χ0n) is 11.0. The molecule has 4 nitrogen and oxygen atoms in total. The minimum Gasteiger partial charge on any atom is -0.497 e. The SMILES string of the molecule is COc1cccc(N(C)CC(O)C2CCOC2)c1. The predicted molar refractivity (Wildman–Crippen MR) is 71.2 cm³/mol. The molecule has 1 aromatic rings. The third-order valence-corrected chi connectivity index (χ3v) is 3.46. The van der Waals surface area contributed by atoms with E-state index in [9.17, 15) is 5.11 Å². The van der Waals surface area contributed by atoms with Gasteiger partial charge in [0.25, 0.3) is 0 Å². The quantitative estimate of drug-likeness (QED) is 0.861. The van der Waals surface area contributed by atoms with E-state index in [-0.39, 0.29) is 12.0 Å². The number of hydrogen-bond acceptors (Lipinski definition) is 4. The van der Waals surface area contributed by atoms with Crippen molar-refractivity contribution in [2.24, 2.45) is 5.92 Å². The van der Waals surface area contributed by atoms with Crippen molar-refractivity contribution in [3.63, 3.8) is 0 Å². The lowest BCUT2D eigenvalue weighted by Gasteiger charge is -2.25. The number of hydrogen-bond donors (Lipinski definition) is 1. The molecule has 0 radical (unpaired) electrons. The van der Waals surface area contributed by atoms with Gasteiger partial charge in [-0.25, -0.2) is 0 Å². The Morgan fingerprint density at radius 2 is 2.39 bits per heavy atom. The largest absolute Gasteiger partial charge is 0.497 e. The monoisotopic (exact) mass is 251 g/mol. The van der Waals surface area contributed by atoms with Crippen LogP contribution in [0.5, 0.6) is 5.75 Å². The number of benzene rings is 1. The number of anilines is 1. The number of likely N-dealkylation sites (N-methyl/N-ethyl adjacent to an activating group) is 1. The molecule has 18 heavy (non-hydrogen) atoms. The summed E-state index contributed by atoms with van der Waals surface area (Å²) >= 11 is 0. The summed E-state index contributed by atoms with van der Waals surface area (Å²) in [5.74, 6) is 1.09. The Balaban J connectivity index is 1.95. The van der Waals surface area contributed by atoms with Crippen LogP contribution in [0.25, 0.3) is 0 Å². The summed E-state index contributed by atoms with van der Waals surface area (Å²) in [6, 6.07) is 7.85. The van der Waals surface area contributed by atoms with Crippen LogP contribution in [0.3, 0.4) is 0 Å². The molecule has 1 aromatic carbocycles. The average Bonchev–Trinajstić information content (AvgIpc) is 2.92. The van der Waals surface area contributed by atoms with Gasteiger partial charge < -0.3 is 19.5 Å². The number of rotatable bonds is 5. The van der Waals surface area contributed by atoms with Crippen LogP contribution < -0.4 is 9.64 Å². The van der Waals surface area contributed by atoms with E-state index in [0.29, 0.717) is 13.2 Å². The molecule has 1 heterocycles. The van der Waals surface area contributed by atoms with Crippen LogP contribution in [-0.2, 0) is 4.74 Å². The summed E-state index contributed by atoms with van der Waals surface area (Å²) in [6.07, 6.45) is 0.608. The number of nitrogens with zero attached hydrogens (tertiary/aromatic N) is 1. The molecule has 0 aliphatic carbocycles. The van der Waals surface area contributed by atoms with Gasteiger partial charge in [0.1, 0.15) is 5.75 Å². The third-order valence-electron chi connectivity index (χ3n) is 3.46. The van der Waals surface area contributed by atoms with Crippen LogP contribution in [0.2, 0.25) is 0 Å². The second-order valence-electron chi connectivity index (χ2n) is 4.77. The molecule has 4 heteroatoms. The van der Waals surface area contributed by atoms with Gasteiger partial charge in [0.2, 0.25) is 0 Å². The minimum atomic E-state index is -0.344. The van der Waals surface area contributed by atoms with E-state index in [1.807, 2.05) is 36.2 Å². The number of ether oxygens (including phenoxy) is 2. The fourth-order valence-corrected chi connectivity index (χ4v) is 2.24. The summed E-state index contributed by atoms with van der Waals surface area (Å²) in [5, 5.41) is 10.2. The fourth-order valence-electron chi connectivity index (χ4n) is 2.24. The Bertz CT molecular complexity index is 377. The topological polar surface area (TPSA) is 41.9 Å². The van der Waals surface area contributed by atoms with E-state index in [0.717, 1.165) is 24.5 Å². The van der Waals surface area contributed by atoms with Crippen molar-refractivity contribution < 1.29 is 14.6 Å². The van der Waals surface area contributed by atoms with Crippen molar-refractivity contribution in [3.8, 4) is 5.75 Å². The standard InChI is InChI=1S/C14H21NO3/c1-15(9-14(16)11-6-7-18-10-11)12-4-3-5-13(8-12)17-2/h3-5,8,11,14,16H,6-7,9-10H2,1-2H3. The second kappa shape index (κ2) is 6.07. The number of aliphatic hydroxyl groups is 1. The molecule has 2 rings (SSSR count). The van der Waals surface area contributed by atoms with Gasteiger partial charge >= 0.3 is 0 Å². The Morgan fingerprint density at radius 3 is 3.06 bits per heavy atom. The lowest BCUT2D eigenvalue weighted by atomic mass is 10.0. The van der Waals surface area contributed by atoms with Gasteiger partial charge in [0, 0.05) is 37.9 Å². The lowest BCUT2D eigenvalue weighted by Crippen LogP contribution is -2.34. The molecule has 0 spiro atoms. The summed E-state index contributed by atoms with van der Waals surface area (Å²) in [7, 11) is 3.64. The highest BCUT2D eigenvalue weighted by molar-refractivity contribution is 5.50. The van der Waals surface area contributed by atoms with Crippen LogP contribution in [0, 0.1) is 5.92 Å². The highest BCUT2D eigenvalue weighted by atomic mass is 16.5. The van der Waals surface area contributed by atoms with Crippen LogP contribution in [-0.4, -0.2) is 45.1 Å². The van der Waals surface area contributed by atoms with Crippen molar-refractivity contribution in [2.45, 2.75) is 12.5 Å². The Morgan fingerprint density at radius 1 is 1.56 bits per heavy atom. The molecule has 100 valence electrons. The van der Waals surface area contributed by atoms with Crippen molar-refractivity contribution in [1.29, 1.82) is 0 Å². The van der Waals surface area contributed by atoms with Gasteiger partial charge in [-0.15, -0.1) is 0 Å². The van der Waals surface area contributed by atoms with Crippen LogP contribution in [0.4, 0.5) is 5.69 Å². The highest BCUT2D eigenvalue weighted by Gasteiger charge is 2.24. The van der Waals surface area contributed by atoms with E-state index >= 15 is 0 Å². The number of methoxy groups -OCH3 is 1. The van der Waals surface area contributed by atoms with E-state index in [4.69, 9.17) is 9.47 Å². The van der Waals surface area contributed by atoms with E-state index in [1.54, 1.807) is 7.11 Å². The summed E-state index contributed by atoms with van der Waals surface area (Å²) in [6.45, 7) is 2.05. The molecular weight excluding hydrogens is 230 g/mol. The first-order valence-corrected chi connectivity index (χ1v) is 6.31. The first kappa shape index (κ1) is 13.2.